The van der Waals surface area contributed by atoms with Crippen LogP contribution in [0.15, 0.2) is 23.4 Å². The smallest absolute Gasteiger partial charge is 0.242 e. The van der Waals surface area contributed by atoms with Crippen molar-refractivity contribution in [2.45, 2.75) is 17.7 Å². The van der Waals surface area contributed by atoms with Crippen molar-refractivity contribution in [3.63, 3.8) is 0 Å². The highest BCUT2D eigenvalue weighted by atomic mass is 32.2. The van der Waals surface area contributed by atoms with Crippen LogP contribution in [0.2, 0.25) is 0 Å². The van der Waals surface area contributed by atoms with Gasteiger partial charge < -0.3 is 9.84 Å². The Kier molecular flexibility index (Phi) is 5.70. The van der Waals surface area contributed by atoms with Gasteiger partial charge >= 0.3 is 0 Å². The van der Waals surface area contributed by atoms with Crippen LogP contribution in [0.4, 0.5) is 0 Å². The van der Waals surface area contributed by atoms with Gasteiger partial charge in [-0.3, -0.25) is 4.98 Å². The molecule has 1 heterocycles. The highest BCUT2D eigenvalue weighted by Crippen LogP contribution is 2.28. The molecular weight excluding hydrogens is 292 g/mol. The van der Waals surface area contributed by atoms with Gasteiger partial charge in [0.05, 0.1) is 6.61 Å². The maximum absolute atomic E-state index is 12.1. The SMILES string of the molecule is O=S(=O)(NCCOCC1CC1)c1cncc(C#CCO)c1. The highest BCUT2D eigenvalue weighted by molar-refractivity contribution is 7.89. The van der Waals surface area contributed by atoms with Crippen molar-refractivity contribution in [1.29, 1.82) is 0 Å². The zero-order chi connectivity index (χ0) is 15.1. The Morgan fingerprint density at radius 3 is 2.95 bits per heavy atom. The van der Waals surface area contributed by atoms with E-state index in [1.54, 1.807) is 0 Å². The largest absolute Gasteiger partial charge is 0.384 e. The fraction of sp³-hybridized carbons (Fsp3) is 0.500. The van der Waals surface area contributed by atoms with Crippen LogP contribution < -0.4 is 4.72 Å². The van der Waals surface area contributed by atoms with Crippen LogP contribution in [0.5, 0.6) is 0 Å². The topological polar surface area (TPSA) is 88.5 Å². The predicted octanol–water partition coefficient (Wildman–Crippen LogP) is 0.130. The zero-order valence-electron chi connectivity index (χ0n) is 11.6. The Balaban J connectivity index is 1.88. The molecular formula is C14H18N2O4S. The predicted molar refractivity (Wildman–Crippen MR) is 76.9 cm³/mol. The number of aliphatic hydroxyl groups is 1. The average molecular weight is 310 g/mol. The summed E-state index contributed by atoms with van der Waals surface area (Å²) in [5, 5.41) is 8.63. The zero-order valence-corrected chi connectivity index (χ0v) is 12.4. The molecule has 0 atom stereocenters. The molecule has 0 spiro atoms. The third-order valence-corrected chi connectivity index (χ3v) is 4.35. The lowest BCUT2D eigenvalue weighted by molar-refractivity contribution is 0.129. The van der Waals surface area contributed by atoms with Crippen LogP contribution in [0, 0.1) is 17.8 Å². The average Bonchev–Trinajstić information content (AvgIpc) is 3.29. The van der Waals surface area contributed by atoms with Gasteiger partial charge in [-0.05, 0) is 24.8 Å². The lowest BCUT2D eigenvalue weighted by atomic mass is 10.3. The molecule has 0 aromatic carbocycles. The molecule has 0 aliphatic heterocycles. The molecule has 0 unspecified atom stereocenters. The molecule has 21 heavy (non-hydrogen) atoms. The summed E-state index contributed by atoms with van der Waals surface area (Å²) >= 11 is 0. The summed E-state index contributed by atoms with van der Waals surface area (Å²) in [7, 11) is -3.62. The van der Waals surface area contributed by atoms with Crippen LogP contribution in [0.1, 0.15) is 18.4 Å². The van der Waals surface area contributed by atoms with E-state index in [0.717, 1.165) is 0 Å². The first-order valence-corrected chi connectivity index (χ1v) is 8.22. The van der Waals surface area contributed by atoms with Crippen molar-refractivity contribution in [1.82, 2.24) is 9.71 Å². The molecule has 114 valence electrons. The fourth-order valence-electron chi connectivity index (χ4n) is 1.64. The Morgan fingerprint density at radius 2 is 2.24 bits per heavy atom. The van der Waals surface area contributed by atoms with Crippen molar-refractivity contribution in [3.05, 3.63) is 24.0 Å². The van der Waals surface area contributed by atoms with Crippen molar-refractivity contribution in [3.8, 4) is 11.8 Å². The molecule has 1 fully saturated rings. The van der Waals surface area contributed by atoms with Crippen molar-refractivity contribution < 1.29 is 18.3 Å². The van der Waals surface area contributed by atoms with E-state index in [0.29, 0.717) is 24.7 Å². The lowest BCUT2D eigenvalue weighted by Gasteiger charge is -2.07. The van der Waals surface area contributed by atoms with Gasteiger partial charge in [-0.15, -0.1) is 0 Å². The molecule has 1 aromatic heterocycles. The third kappa shape index (κ3) is 5.44. The Hall–Kier alpha value is -1.46. The van der Waals surface area contributed by atoms with Gasteiger partial charge in [0, 0.05) is 31.1 Å². The summed E-state index contributed by atoms with van der Waals surface area (Å²) in [6, 6.07) is 1.42. The number of nitrogens with one attached hydrogen (secondary N) is 1. The van der Waals surface area contributed by atoms with E-state index in [9.17, 15) is 8.42 Å². The van der Waals surface area contributed by atoms with Crippen molar-refractivity contribution in [2.24, 2.45) is 5.92 Å². The molecule has 1 saturated carbocycles. The number of aliphatic hydroxyl groups excluding tert-OH is 1. The number of hydrogen-bond donors (Lipinski definition) is 2. The van der Waals surface area contributed by atoms with Gasteiger partial charge in [-0.2, -0.15) is 0 Å². The maximum Gasteiger partial charge on any atom is 0.242 e. The monoisotopic (exact) mass is 310 g/mol. The van der Waals surface area contributed by atoms with Crippen LogP contribution >= 0.6 is 0 Å². The summed E-state index contributed by atoms with van der Waals surface area (Å²) < 4.78 is 32.0. The first-order valence-electron chi connectivity index (χ1n) is 6.74. The Bertz CT molecular complexity index is 630. The third-order valence-electron chi connectivity index (χ3n) is 2.92. The van der Waals surface area contributed by atoms with Gasteiger partial charge in [-0.1, -0.05) is 11.8 Å². The van der Waals surface area contributed by atoms with Crippen LogP contribution in [0.25, 0.3) is 0 Å². The Morgan fingerprint density at radius 1 is 1.43 bits per heavy atom. The summed E-state index contributed by atoms with van der Waals surface area (Å²) in [4.78, 5) is 3.90. The highest BCUT2D eigenvalue weighted by Gasteiger charge is 2.21. The maximum atomic E-state index is 12.1. The van der Waals surface area contributed by atoms with Gasteiger partial charge in [0.15, 0.2) is 0 Å². The molecule has 2 rings (SSSR count). The van der Waals surface area contributed by atoms with E-state index in [1.165, 1.54) is 31.3 Å². The number of pyridine rings is 1. The lowest BCUT2D eigenvalue weighted by Crippen LogP contribution is -2.27. The van der Waals surface area contributed by atoms with Gasteiger partial charge in [0.1, 0.15) is 11.5 Å². The number of nitrogens with zero attached hydrogens (tertiary/aromatic N) is 1. The van der Waals surface area contributed by atoms with E-state index >= 15 is 0 Å². The second-order valence-electron chi connectivity index (χ2n) is 4.79. The number of sulfonamides is 1. The van der Waals surface area contributed by atoms with E-state index in [1.807, 2.05) is 0 Å². The summed E-state index contributed by atoms with van der Waals surface area (Å²) in [6.45, 7) is 0.998. The minimum absolute atomic E-state index is 0.0504. The normalized spacial score (nSPS) is 14.5. The van der Waals surface area contributed by atoms with Gasteiger partial charge in [0.25, 0.3) is 0 Å². The second-order valence-corrected chi connectivity index (χ2v) is 6.55. The minimum atomic E-state index is -3.62. The summed E-state index contributed by atoms with van der Waals surface area (Å²) in [5.74, 6) is 5.73. The molecule has 7 heteroatoms. The van der Waals surface area contributed by atoms with Gasteiger partial charge in [-0.25, -0.2) is 13.1 Å². The standard InChI is InChI=1S/C14H18N2O4S/c17-6-1-2-13-8-14(10-15-9-13)21(18,19)16-5-7-20-11-12-3-4-12/h8-10,12,16-17H,3-7,11H2. The molecule has 2 N–H and O–H groups in total. The molecule has 0 radical (unpaired) electrons. The molecule has 0 amide bonds. The molecule has 1 aliphatic rings. The van der Waals surface area contributed by atoms with E-state index in [-0.39, 0.29) is 18.0 Å². The summed E-state index contributed by atoms with van der Waals surface area (Å²) in [5.41, 5.74) is 0.442. The van der Waals surface area contributed by atoms with Gasteiger partial charge in [0.2, 0.25) is 10.0 Å². The number of ether oxygens (including phenoxy) is 1. The molecule has 6 nitrogen and oxygen atoms in total. The van der Waals surface area contributed by atoms with Crippen LogP contribution in [-0.2, 0) is 14.8 Å². The first-order chi connectivity index (χ1) is 10.1. The molecule has 0 bridgehead atoms. The van der Waals surface area contributed by atoms with E-state index in [2.05, 4.69) is 21.5 Å². The van der Waals surface area contributed by atoms with Crippen LogP contribution in [0.3, 0.4) is 0 Å². The number of rotatable bonds is 7. The van der Waals surface area contributed by atoms with Crippen LogP contribution in [-0.4, -0.2) is 44.9 Å². The Labute approximate surface area is 124 Å². The quantitative estimate of drug-likeness (QED) is 0.552. The fourth-order valence-corrected chi connectivity index (χ4v) is 2.64. The number of hydrogen-bond acceptors (Lipinski definition) is 5. The number of aromatic nitrogens is 1. The molecule has 1 aromatic rings. The van der Waals surface area contributed by atoms with E-state index < -0.39 is 10.0 Å². The van der Waals surface area contributed by atoms with E-state index in [4.69, 9.17) is 9.84 Å². The first kappa shape index (κ1) is 15.9. The molecule has 0 saturated heterocycles. The minimum Gasteiger partial charge on any atom is -0.384 e. The second kappa shape index (κ2) is 7.52. The molecule has 1 aliphatic carbocycles. The van der Waals surface area contributed by atoms with Crippen molar-refractivity contribution in [2.75, 3.05) is 26.4 Å². The summed E-state index contributed by atoms with van der Waals surface area (Å²) in [6.07, 6.45) is 5.12. The van der Waals surface area contributed by atoms with Crippen molar-refractivity contribution >= 4 is 10.0 Å².